The van der Waals surface area contributed by atoms with Crippen LogP contribution >= 0.6 is 0 Å². The van der Waals surface area contributed by atoms with Crippen LogP contribution in [0.15, 0.2) is 35.2 Å². The van der Waals surface area contributed by atoms with E-state index in [1.54, 1.807) is 26.2 Å². The Hall–Kier alpha value is -2.25. The monoisotopic (exact) mass is 435 g/mol. The fourth-order valence-corrected chi connectivity index (χ4v) is 4.79. The minimum Gasteiger partial charge on any atom is -0.496 e. The van der Waals surface area contributed by atoms with E-state index in [1.165, 1.54) is 0 Å². The van der Waals surface area contributed by atoms with Crippen molar-refractivity contribution in [1.29, 1.82) is 0 Å². The number of benzene rings is 2. The third-order valence-corrected chi connectivity index (χ3v) is 6.52. The number of nitrogens with one attached hydrogen (secondary N) is 1. The van der Waals surface area contributed by atoms with Crippen molar-refractivity contribution in [2.45, 2.75) is 58.4 Å². The maximum atomic E-state index is 13.2. The zero-order chi connectivity index (χ0) is 22.5. The van der Waals surface area contributed by atoms with Crippen LogP contribution < -0.4 is 18.9 Å². The largest absolute Gasteiger partial charge is 0.496 e. The molecular weight excluding hydrogens is 402 g/mol. The molecule has 2 aromatic rings. The van der Waals surface area contributed by atoms with Gasteiger partial charge < -0.3 is 14.2 Å². The highest BCUT2D eigenvalue weighted by Gasteiger charge is 2.24. The van der Waals surface area contributed by atoms with E-state index in [0.717, 1.165) is 11.1 Å². The van der Waals surface area contributed by atoms with Crippen LogP contribution in [0.5, 0.6) is 17.2 Å². The molecule has 0 aliphatic carbocycles. The average molecular weight is 436 g/mol. The van der Waals surface area contributed by atoms with Crippen molar-refractivity contribution >= 4 is 10.0 Å². The van der Waals surface area contributed by atoms with E-state index in [2.05, 4.69) is 4.72 Å². The maximum Gasteiger partial charge on any atom is 0.241 e. The molecule has 1 N–H and O–H groups in total. The molecule has 0 unspecified atom stereocenters. The van der Waals surface area contributed by atoms with E-state index in [4.69, 9.17) is 14.2 Å². The van der Waals surface area contributed by atoms with Crippen LogP contribution in [0.2, 0.25) is 0 Å². The van der Waals surface area contributed by atoms with Crippen molar-refractivity contribution in [3.8, 4) is 17.2 Å². The van der Waals surface area contributed by atoms with E-state index in [1.807, 2.05) is 52.8 Å². The number of hydrogen-bond donors (Lipinski definition) is 1. The van der Waals surface area contributed by atoms with Gasteiger partial charge in [-0.1, -0.05) is 19.9 Å². The Morgan fingerprint density at radius 3 is 2.13 bits per heavy atom. The number of ether oxygens (including phenoxy) is 3. The van der Waals surface area contributed by atoms with Gasteiger partial charge in [0, 0.05) is 6.04 Å². The van der Waals surface area contributed by atoms with Gasteiger partial charge in [0.2, 0.25) is 10.0 Å². The summed E-state index contributed by atoms with van der Waals surface area (Å²) in [6.45, 7) is 12.4. The van der Waals surface area contributed by atoms with Crippen molar-refractivity contribution in [2.75, 3.05) is 20.3 Å². The summed E-state index contributed by atoms with van der Waals surface area (Å²) in [5, 5.41) is 0. The third-order valence-electron chi connectivity index (χ3n) is 4.84. The minimum absolute atomic E-state index is 0.131. The molecule has 0 aromatic heterocycles. The van der Waals surface area contributed by atoms with Crippen molar-refractivity contribution < 1.29 is 22.6 Å². The molecule has 0 spiro atoms. The zero-order valence-corrected chi connectivity index (χ0v) is 19.7. The van der Waals surface area contributed by atoms with Gasteiger partial charge in [-0.25, -0.2) is 13.1 Å². The fraction of sp³-hybridized carbons (Fsp3) is 0.478. The maximum absolute atomic E-state index is 13.2. The van der Waals surface area contributed by atoms with Gasteiger partial charge in [-0.2, -0.15) is 0 Å². The molecule has 0 radical (unpaired) electrons. The summed E-state index contributed by atoms with van der Waals surface area (Å²) in [6, 6.07) is 8.51. The van der Waals surface area contributed by atoms with Gasteiger partial charge >= 0.3 is 0 Å². The number of hydrogen-bond acceptors (Lipinski definition) is 5. The zero-order valence-electron chi connectivity index (χ0n) is 18.9. The molecule has 7 heteroatoms. The summed E-state index contributed by atoms with van der Waals surface area (Å²) in [4.78, 5) is 0.259. The molecule has 1 atom stereocenters. The predicted molar refractivity (Wildman–Crippen MR) is 119 cm³/mol. The Morgan fingerprint density at radius 2 is 1.57 bits per heavy atom. The third kappa shape index (κ3) is 5.46. The number of aryl methyl sites for hydroxylation is 1. The summed E-state index contributed by atoms with van der Waals surface area (Å²) in [7, 11) is -2.15. The van der Waals surface area contributed by atoms with Crippen molar-refractivity contribution in [2.24, 2.45) is 0 Å². The van der Waals surface area contributed by atoms with Gasteiger partial charge in [0.25, 0.3) is 0 Å². The lowest BCUT2D eigenvalue weighted by atomic mass is 10.0. The smallest absolute Gasteiger partial charge is 0.241 e. The minimum atomic E-state index is -3.74. The van der Waals surface area contributed by atoms with Crippen molar-refractivity contribution in [1.82, 2.24) is 4.72 Å². The Labute approximate surface area is 180 Å². The van der Waals surface area contributed by atoms with Gasteiger partial charge in [0.1, 0.15) is 5.75 Å². The first-order valence-electron chi connectivity index (χ1n) is 10.2. The average Bonchev–Trinajstić information content (AvgIpc) is 2.68. The van der Waals surface area contributed by atoms with Crippen LogP contribution in [0.4, 0.5) is 0 Å². The topological polar surface area (TPSA) is 73.9 Å². The highest BCUT2D eigenvalue weighted by Crippen LogP contribution is 2.33. The summed E-state index contributed by atoms with van der Waals surface area (Å²) in [5.74, 6) is 2.07. The molecule has 0 amide bonds. The molecule has 2 aromatic carbocycles. The molecule has 30 heavy (non-hydrogen) atoms. The van der Waals surface area contributed by atoms with E-state index >= 15 is 0 Å². The van der Waals surface area contributed by atoms with E-state index in [-0.39, 0.29) is 10.8 Å². The highest BCUT2D eigenvalue weighted by atomic mass is 32.2. The molecule has 0 aliphatic heterocycles. The first-order chi connectivity index (χ1) is 14.1. The Balaban J connectivity index is 2.37. The number of rotatable bonds is 10. The molecule has 166 valence electrons. The standard InChI is InChI=1S/C23H33NO5S/c1-8-28-20-11-10-18(13-22(20)29-9-2)17(6)24-30(25,26)23-14-19(15(3)4)21(27-7)12-16(23)5/h10-15,17,24H,8-9H2,1-7H3/t17-/m0/s1. The SMILES string of the molecule is CCOc1ccc([C@H](C)NS(=O)(=O)c2cc(C(C)C)c(OC)cc2C)cc1OCC. The van der Waals surface area contributed by atoms with Crippen LogP contribution in [0.1, 0.15) is 63.3 Å². The molecule has 0 bridgehead atoms. The van der Waals surface area contributed by atoms with Crippen LogP contribution in [-0.4, -0.2) is 28.7 Å². The Kier molecular flexibility index (Phi) is 8.15. The van der Waals surface area contributed by atoms with Gasteiger partial charge in [-0.05, 0) is 74.6 Å². The molecule has 0 saturated heterocycles. The second kappa shape index (κ2) is 10.2. The molecule has 0 fully saturated rings. The quantitative estimate of drug-likeness (QED) is 0.571. The van der Waals surface area contributed by atoms with E-state index in [0.29, 0.717) is 36.0 Å². The van der Waals surface area contributed by atoms with Crippen LogP contribution in [0.3, 0.4) is 0 Å². The normalized spacial score (nSPS) is 12.7. The molecule has 0 heterocycles. The van der Waals surface area contributed by atoms with Gasteiger partial charge in [0.05, 0.1) is 25.2 Å². The fourth-order valence-electron chi connectivity index (χ4n) is 3.30. The van der Waals surface area contributed by atoms with Crippen molar-refractivity contribution in [3.05, 3.63) is 47.0 Å². The van der Waals surface area contributed by atoms with Crippen LogP contribution in [0, 0.1) is 6.92 Å². The lowest BCUT2D eigenvalue weighted by Crippen LogP contribution is -2.27. The second-order valence-electron chi connectivity index (χ2n) is 7.43. The lowest BCUT2D eigenvalue weighted by molar-refractivity contribution is 0.287. The van der Waals surface area contributed by atoms with E-state index < -0.39 is 16.1 Å². The Morgan fingerprint density at radius 1 is 0.933 bits per heavy atom. The van der Waals surface area contributed by atoms with Gasteiger partial charge in [-0.15, -0.1) is 0 Å². The van der Waals surface area contributed by atoms with Gasteiger partial charge in [0.15, 0.2) is 11.5 Å². The second-order valence-corrected chi connectivity index (χ2v) is 9.11. The first kappa shape index (κ1) is 24.0. The lowest BCUT2D eigenvalue weighted by Gasteiger charge is -2.20. The molecule has 0 saturated carbocycles. The molecule has 0 aliphatic rings. The van der Waals surface area contributed by atoms with Crippen LogP contribution in [-0.2, 0) is 10.0 Å². The van der Waals surface area contributed by atoms with Crippen LogP contribution in [0.25, 0.3) is 0 Å². The van der Waals surface area contributed by atoms with Crippen molar-refractivity contribution in [3.63, 3.8) is 0 Å². The molecule has 6 nitrogen and oxygen atoms in total. The first-order valence-corrected chi connectivity index (χ1v) is 11.7. The molecule has 2 rings (SSSR count). The summed E-state index contributed by atoms with van der Waals surface area (Å²) in [5.41, 5.74) is 2.29. The summed E-state index contributed by atoms with van der Waals surface area (Å²) < 4.78 is 45.8. The number of methoxy groups -OCH3 is 1. The van der Waals surface area contributed by atoms with E-state index in [9.17, 15) is 8.42 Å². The van der Waals surface area contributed by atoms with Gasteiger partial charge in [-0.3, -0.25) is 0 Å². The Bertz CT molecular complexity index is 970. The summed E-state index contributed by atoms with van der Waals surface area (Å²) >= 11 is 0. The summed E-state index contributed by atoms with van der Waals surface area (Å²) in [6.07, 6.45) is 0. The molecular formula is C23H33NO5S. The number of sulfonamides is 1. The highest BCUT2D eigenvalue weighted by molar-refractivity contribution is 7.89. The predicted octanol–water partition coefficient (Wildman–Crippen LogP) is 4.96.